The molecule has 3 rings (SSSR count). The van der Waals surface area contributed by atoms with Gasteiger partial charge in [-0.2, -0.15) is 11.3 Å². The number of carbonyl (C=O) groups is 2. The predicted octanol–water partition coefficient (Wildman–Crippen LogP) is 1.44. The van der Waals surface area contributed by atoms with Crippen LogP contribution in [0.3, 0.4) is 0 Å². The molecular weight excluding hydrogens is 248 g/mol. The van der Waals surface area contributed by atoms with Gasteiger partial charge < -0.3 is 9.80 Å². The second kappa shape index (κ2) is 4.72. The molecule has 2 fully saturated rings. The van der Waals surface area contributed by atoms with Crippen LogP contribution in [0.15, 0.2) is 16.8 Å². The molecule has 0 atom stereocenters. The molecule has 2 heterocycles. The van der Waals surface area contributed by atoms with E-state index in [2.05, 4.69) is 0 Å². The monoisotopic (exact) mass is 264 g/mol. The Morgan fingerprint density at radius 1 is 1.11 bits per heavy atom. The summed E-state index contributed by atoms with van der Waals surface area (Å²) in [5.74, 6) is 0.663. The number of amides is 2. The highest BCUT2D eigenvalue weighted by molar-refractivity contribution is 7.08. The lowest BCUT2D eigenvalue weighted by molar-refractivity contribution is -0.134. The lowest BCUT2D eigenvalue weighted by Gasteiger charge is -2.34. The first-order valence-electron chi connectivity index (χ1n) is 6.36. The number of carbonyl (C=O) groups excluding carboxylic acids is 2. The lowest BCUT2D eigenvalue weighted by Crippen LogP contribution is -2.51. The fraction of sp³-hybridized carbons (Fsp3) is 0.538. The minimum Gasteiger partial charge on any atom is -0.339 e. The van der Waals surface area contributed by atoms with Crippen LogP contribution in [-0.2, 0) is 4.79 Å². The van der Waals surface area contributed by atoms with E-state index in [0.717, 1.165) is 18.4 Å². The number of rotatable bonds is 2. The minimum absolute atomic E-state index is 0.0924. The first-order chi connectivity index (χ1) is 8.75. The van der Waals surface area contributed by atoms with E-state index in [1.807, 2.05) is 26.6 Å². The number of hydrogen-bond donors (Lipinski definition) is 0. The van der Waals surface area contributed by atoms with E-state index in [9.17, 15) is 9.59 Å². The Morgan fingerprint density at radius 3 is 2.33 bits per heavy atom. The van der Waals surface area contributed by atoms with E-state index >= 15 is 0 Å². The van der Waals surface area contributed by atoms with Gasteiger partial charge in [-0.15, -0.1) is 0 Å². The molecule has 96 valence electrons. The Hall–Kier alpha value is -1.36. The predicted molar refractivity (Wildman–Crippen MR) is 69.5 cm³/mol. The Morgan fingerprint density at radius 2 is 1.78 bits per heavy atom. The van der Waals surface area contributed by atoms with Gasteiger partial charge in [0.25, 0.3) is 5.91 Å². The van der Waals surface area contributed by atoms with Gasteiger partial charge in [0.2, 0.25) is 5.91 Å². The topological polar surface area (TPSA) is 40.6 Å². The standard InChI is InChI=1S/C13H16N2O2S/c16-12(10-1-2-10)14-4-6-15(7-5-14)13(17)11-3-8-18-9-11/h3,8-10H,1-2,4-7H2. The third-order valence-corrected chi connectivity index (χ3v) is 4.26. The number of piperazine rings is 1. The average molecular weight is 264 g/mol. The van der Waals surface area contributed by atoms with Gasteiger partial charge in [0, 0.05) is 37.5 Å². The molecule has 2 amide bonds. The molecule has 4 nitrogen and oxygen atoms in total. The fourth-order valence-corrected chi connectivity index (χ4v) is 2.92. The third-order valence-electron chi connectivity index (χ3n) is 3.57. The second-order valence-corrected chi connectivity index (χ2v) is 5.68. The summed E-state index contributed by atoms with van der Waals surface area (Å²) in [5.41, 5.74) is 0.766. The molecule has 0 aromatic carbocycles. The van der Waals surface area contributed by atoms with Crippen LogP contribution in [0.2, 0.25) is 0 Å². The third kappa shape index (κ3) is 2.27. The zero-order valence-electron chi connectivity index (χ0n) is 10.2. The van der Waals surface area contributed by atoms with E-state index in [4.69, 9.17) is 0 Å². The van der Waals surface area contributed by atoms with Crippen LogP contribution in [0.1, 0.15) is 23.2 Å². The van der Waals surface area contributed by atoms with E-state index < -0.39 is 0 Å². The van der Waals surface area contributed by atoms with Crippen molar-refractivity contribution in [1.29, 1.82) is 0 Å². The van der Waals surface area contributed by atoms with Crippen molar-refractivity contribution in [2.75, 3.05) is 26.2 Å². The average Bonchev–Trinajstić information content (AvgIpc) is 3.12. The summed E-state index contributed by atoms with van der Waals surface area (Å²) in [6, 6.07) is 1.86. The van der Waals surface area contributed by atoms with Gasteiger partial charge in [0.15, 0.2) is 0 Å². The Kier molecular flexibility index (Phi) is 3.07. The van der Waals surface area contributed by atoms with Crippen LogP contribution >= 0.6 is 11.3 Å². The first-order valence-corrected chi connectivity index (χ1v) is 7.30. The van der Waals surface area contributed by atoms with Crippen molar-refractivity contribution in [3.8, 4) is 0 Å². The molecule has 1 aliphatic carbocycles. The zero-order valence-corrected chi connectivity index (χ0v) is 11.0. The van der Waals surface area contributed by atoms with Crippen molar-refractivity contribution in [2.24, 2.45) is 5.92 Å². The van der Waals surface area contributed by atoms with Gasteiger partial charge in [-0.3, -0.25) is 9.59 Å². The minimum atomic E-state index is 0.0924. The van der Waals surface area contributed by atoms with Crippen LogP contribution in [0.25, 0.3) is 0 Å². The van der Waals surface area contributed by atoms with E-state index in [0.29, 0.717) is 26.2 Å². The summed E-state index contributed by atoms with van der Waals surface area (Å²) in [5, 5.41) is 3.80. The number of thiophene rings is 1. The van der Waals surface area contributed by atoms with E-state index in [1.165, 1.54) is 11.3 Å². The highest BCUT2D eigenvalue weighted by Crippen LogP contribution is 2.31. The molecule has 0 bridgehead atoms. The molecule has 2 aliphatic rings. The van der Waals surface area contributed by atoms with Crippen LogP contribution in [0.4, 0.5) is 0 Å². The van der Waals surface area contributed by atoms with Crippen LogP contribution < -0.4 is 0 Å². The Labute approximate surface area is 110 Å². The van der Waals surface area contributed by atoms with Gasteiger partial charge in [-0.1, -0.05) is 0 Å². The lowest BCUT2D eigenvalue weighted by atomic mass is 10.2. The number of hydrogen-bond acceptors (Lipinski definition) is 3. The quantitative estimate of drug-likeness (QED) is 0.811. The summed E-state index contributed by atoms with van der Waals surface area (Å²) in [4.78, 5) is 27.8. The molecular formula is C13H16N2O2S. The summed E-state index contributed by atoms with van der Waals surface area (Å²) >= 11 is 1.54. The van der Waals surface area contributed by atoms with Crippen molar-refractivity contribution in [3.63, 3.8) is 0 Å². The summed E-state index contributed by atoms with van der Waals surface area (Å²) in [6.07, 6.45) is 2.10. The van der Waals surface area contributed by atoms with E-state index in [1.54, 1.807) is 0 Å². The molecule has 18 heavy (non-hydrogen) atoms. The molecule has 0 radical (unpaired) electrons. The van der Waals surface area contributed by atoms with Crippen molar-refractivity contribution in [1.82, 2.24) is 9.80 Å². The molecule has 0 unspecified atom stereocenters. The molecule has 1 aromatic heterocycles. The maximum Gasteiger partial charge on any atom is 0.254 e. The molecule has 1 aromatic rings. The second-order valence-electron chi connectivity index (χ2n) is 4.90. The summed E-state index contributed by atoms with van der Waals surface area (Å²) < 4.78 is 0. The van der Waals surface area contributed by atoms with Crippen LogP contribution in [0, 0.1) is 5.92 Å². The fourth-order valence-electron chi connectivity index (χ4n) is 2.29. The Balaban J connectivity index is 1.56. The van der Waals surface area contributed by atoms with Crippen molar-refractivity contribution >= 4 is 23.2 Å². The highest BCUT2D eigenvalue weighted by atomic mass is 32.1. The molecule has 1 saturated carbocycles. The van der Waals surface area contributed by atoms with Gasteiger partial charge in [-0.05, 0) is 24.3 Å². The van der Waals surface area contributed by atoms with Gasteiger partial charge in [0.1, 0.15) is 0 Å². The smallest absolute Gasteiger partial charge is 0.254 e. The van der Waals surface area contributed by atoms with Crippen molar-refractivity contribution in [2.45, 2.75) is 12.8 Å². The van der Waals surface area contributed by atoms with Gasteiger partial charge in [-0.25, -0.2) is 0 Å². The molecule has 1 saturated heterocycles. The summed E-state index contributed by atoms with van der Waals surface area (Å²) in [7, 11) is 0. The van der Waals surface area contributed by atoms with Crippen LogP contribution in [0.5, 0.6) is 0 Å². The molecule has 1 aliphatic heterocycles. The molecule has 0 spiro atoms. The SMILES string of the molecule is O=C(c1ccsc1)N1CCN(C(=O)C2CC2)CC1. The Bertz CT molecular complexity index is 446. The maximum absolute atomic E-state index is 12.1. The number of nitrogens with zero attached hydrogens (tertiary/aromatic N) is 2. The van der Waals surface area contributed by atoms with Gasteiger partial charge >= 0.3 is 0 Å². The van der Waals surface area contributed by atoms with Crippen molar-refractivity contribution < 1.29 is 9.59 Å². The van der Waals surface area contributed by atoms with E-state index in [-0.39, 0.29) is 17.7 Å². The first kappa shape index (κ1) is 11.7. The highest BCUT2D eigenvalue weighted by Gasteiger charge is 2.35. The zero-order chi connectivity index (χ0) is 12.5. The maximum atomic E-state index is 12.1. The normalized spacial score (nSPS) is 20.0. The van der Waals surface area contributed by atoms with Crippen LogP contribution in [-0.4, -0.2) is 47.8 Å². The summed E-state index contributed by atoms with van der Waals surface area (Å²) in [6.45, 7) is 2.69. The van der Waals surface area contributed by atoms with Gasteiger partial charge in [0.05, 0.1) is 5.56 Å². The largest absolute Gasteiger partial charge is 0.339 e. The molecule has 0 N–H and O–H groups in total. The molecule has 5 heteroatoms. The van der Waals surface area contributed by atoms with Crippen molar-refractivity contribution in [3.05, 3.63) is 22.4 Å².